The Labute approximate surface area is 154 Å². The van der Waals surface area contributed by atoms with Crippen LogP contribution < -0.4 is 10.1 Å². The standard InChI is InChI=1S/C19H26ClN3O2/c1-15(18(24)22-19(14-21)10-4-3-5-11-19)23(2)12-13-25-17-8-6-16(20)7-9-17/h6-9,15H,3-5,10-13H2,1-2H3,(H,22,24)/t15-/m0/s1. The van der Waals surface area contributed by atoms with Gasteiger partial charge >= 0.3 is 0 Å². The number of benzene rings is 1. The van der Waals surface area contributed by atoms with Gasteiger partial charge in [-0.25, -0.2) is 0 Å². The summed E-state index contributed by atoms with van der Waals surface area (Å²) < 4.78 is 5.67. The molecule has 1 saturated carbocycles. The fourth-order valence-corrected chi connectivity index (χ4v) is 3.12. The maximum atomic E-state index is 12.5. The third kappa shape index (κ3) is 5.62. The molecule has 0 aromatic heterocycles. The molecule has 0 heterocycles. The summed E-state index contributed by atoms with van der Waals surface area (Å²) in [5, 5.41) is 13.1. The molecule has 0 aliphatic heterocycles. The van der Waals surface area contributed by atoms with Crippen LogP contribution in [0.15, 0.2) is 24.3 Å². The lowest BCUT2D eigenvalue weighted by molar-refractivity contribution is -0.127. The highest BCUT2D eigenvalue weighted by Crippen LogP contribution is 2.27. The molecule has 1 fully saturated rings. The molecule has 136 valence electrons. The fourth-order valence-electron chi connectivity index (χ4n) is 2.99. The SMILES string of the molecule is C[C@@H](C(=O)NC1(C#N)CCCCC1)N(C)CCOc1ccc(Cl)cc1. The molecule has 0 bridgehead atoms. The first-order valence-corrected chi connectivity index (χ1v) is 9.15. The summed E-state index contributed by atoms with van der Waals surface area (Å²) in [6.07, 6.45) is 4.60. The van der Waals surface area contributed by atoms with E-state index in [-0.39, 0.29) is 11.9 Å². The van der Waals surface area contributed by atoms with Gasteiger partial charge in [0.15, 0.2) is 0 Å². The van der Waals surface area contributed by atoms with Crippen molar-refractivity contribution in [3.8, 4) is 11.8 Å². The van der Waals surface area contributed by atoms with Crippen LogP contribution in [0.3, 0.4) is 0 Å². The summed E-state index contributed by atoms with van der Waals surface area (Å²) in [7, 11) is 1.88. The summed E-state index contributed by atoms with van der Waals surface area (Å²) in [4.78, 5) is 14.5. The maximum Gasteiger partial charge on any atom is 0.238 e. The zero-order valence-corrected chi connectivity index (χ0v) is 15.7. The molecule has 1 aromatic carbocycles. The van der Waals surface area contributed by atoms with Gasteiger partial charge in [0.2, 0.25) is 5.91 Å². The number of nitrogens with one attached hydrogen (secondary N) is 1. The molecule has 1 aromatic rings. The Hall–Kier alpha value is -1.77. The molecule has 0 radical (unpaired) electrons. The van der Waals surface area contributed by atoms with E-state index in [4.69, 9.17) is 16.3 Å². The smallest absolute Gasteiger partial charge is 0.238 e. The summed E-state index contributed by atoms with van der Waals surface area (Å²) in [6.45, 7) is 2.93. The Bertz CT molecular complexity index is 606. The van der Waals surface area contributed by atoms with Gasteiger partial charge in [0.1, 0.15) is 17.9 Å². The number of hydrogen-bond donors (Lipinski definition) is 1. The minimum Gasteiger partial charge on any atom is -0.492 e. The zero-order valence-electron chi connectivity index (χ0n) is 14.9. The Balaban J connectivity index is 1.80. The van der Waals surface area contributed by atoms with E-state index in [1.54, 1.807) is 12.1 Å². The molecule has 1 N–H and O–H groups in total. The van der Waals surface area contributed by atoms with Crippen molar-refractivity contribution in [3.63, 3.8) is 0 Å². The van der Waals surface area contributed by atoms with Crippen LogP contribution in [0.25, 0.3) is 0 Å². The molecule has 1 atom stereocenters. The molecule has 0 unspecified atom stereocenters. The molecule has 1 aliphatic carbocycles. The Morgan fingerprint density at radius 2 is 2.00 bits per heavy atom. The molecule has 1 aliphatic rings. The van der Waals surface area contributed by atoms with E-state index in [9.17, 15) is 10.1 Å². The first kappa shape index (κ1) is 19.6. The number of nitriles is 1. The minimum atomic E-state index is -0.690. The highest BCUT2D eigenvalue weighted by atomic mass is 35.5. The number of carbonyl (C=O) groups is 1. The number of hydrogen-bond acceptors (Lipinski definition) is 4. The summed E-state index contributed by atoms with van der Waals surface area (Å²) in [6, 6.07) is 9.20. The lowest BCUT2D eigenvalue weighted by Gasteiger charge is -2.34. The lowest BCUT2D eigenvalue weighted by atomic mass is 9.82. The normalized spacial score (nSPS) is 17.6. The monoisotopic (exact) mass is 363 g/mol. The van der Waals surface area contributed by atoms with Crippen molar-refractivity contribution in [1.82, 2.24) is 10.2 Å². The summed E-state index contributed by atoms with van der Waals surface area (Å²) in [5.41, 5.74) is -0.690. The van der Waals surface area contributed by atoms with E-state index in [0.29, 0.717) is 18.2 Å². The maximum absolute atomic E-state index is 12.5. The van der Waals surface area contributed by atoms with E-state index < -0.39 is 5.54 Å². The fraction of sp³-hybridized carbons (Fsp3) is 0.579. The molecule has 2 rings (SSSR count). The third-order valence-electron chi connectivity index (χ3n) is 4.85. The van der Waals surface area contributed by atoms with Crippen molar-refractivity contribution in [3.05, 3.63) is 29.3 Å². The van der Waals surface area contributed by atoms with Crippen LogP contribution in [0.5, 0.6) is 5.75 Å². The number of carbonyl (C=O) groups excluding carboxylic acids is 1. The molecular formula is C19H26ClN3O2. The van der Waals surface area contributed by atoms with Crippen LogP contribution in [0.2, 0.25) is 5.02 Å². The van der Waals surface area contributed by atoms with Gasteiger partial charge in [-0.2, -0.15) is 5.26 Å². The van der Waals surface area contributed by atoms with Crippen molar-refractivity contribution in [2.75, 3.05) is 20.2 Å². The average Bonchev–Trinajstić information content (AvgIpc) is 2.63. The first-order valence-electron chi connectivity index (χ1n) is 8.78. The number of nitrogens with zero attached hydrogens (tertiary/aromatic N) is 2. The number of likely N-dealkylation sites (N-methyl/N-ethyl adjacent to an activating group) is 1. The van der Waals surface area contributed by atoms with Crippen LogP contribution >= 0.6 is 11.6 Å². The first-order chi connectivity index (χ1) is 12.0. The highest BCUT2D eigenvalue weighted by Gasteiger charge is 2.35. The van der Waals surface area contributed by atoms with Crippen LogP contribution in [-0.2, 0) is 4.79 Å². The van der Waals surface area contributed by atoms with Gasteiger partial charge < -0.3 is 10.1 Å². The van der Waals surface area contributed by atoms with Crippen LogP contribution in [-0.4, -0.2) is 42.6 Å². The van der Waals surface area contributed by atoms with E-state index in [2.05, 4.69) is 11.4 Å². The second-order valence-corrected chi connectivity index (χ2v) is 7.14. The third-order valence-corrected chi connectivity index (χ3v) is 5.10. The van der Waals surface area contributed by atoms with Gasteiger partial charge in [-0.1, -0.05) is 30.9 Å². The molecule has 25 heavy (non-hydrogen) atoms. The second kappa shape index (κ2) is 9.07. The van der Waals surface area contributed by atoms with Crippen molar-refractivity contribution < 1.29 is 9.53 Å². The minimum absolute atomic E-state index is 0.0996. The van der Waals surface area contributed by atoms with Crippen LogP contribution in [0, 0.1) is 11.3 Å². The van der Waals surface area contributed by atoms with Gasteiger partial charge in [0, 0.05) is 11.6 Å². The Morgan fingerprint density at radius 3 is 2.60 bits per heavy atom. The largest absolute Gasteiger partial charge is 0.492 e. The van der Waals surface area contributed by atoms with Gasteiger partial charge in [-0.3, -0.25) is 9.69 Å². The van der Waals surface area contributed by atoms with E-state index in [1.807, 2.05) is 31.0 Å². The lowest BCUT2D eigenvalue weighted by Crippen LogP contribution is -2.54. The number of rotatable bonds is 7. The number of ether oxygens (including phenoxy) is 1. The predicted molar refractivity (Wildman–Crippen MR) is 98.6 cm³/mol. The van der Waals surface area contributed by atoms with Gasteiger partial charge in [0.25, 0.3) is 0 Å². The van der Waals surface area contributed by atoms with Crippen LogP contribution in [0.4, 0.5) is 0 Å². The number of halogens is 1. The molecule has 5 nitrogen and oxygen atoms in total. The van der Waals surface area contributed by atoms with E-state index in [0.717, 1.165) is 37.9 Å². The Morgan fingerprint density at radius 1 is 1.36 bits per heavy atom. The summed E-state index contributed by atoms with van der Waals surface area (Å²) in [5.74, 6) is 0.651. The second-order valence-electron chi connectivity index (χ2n) is 6.70. The van der Waals surface area contributed by atoms with Gasteiger partial charge in [0.05, 0.1) is 12.1 Å². The molecule has 6 heteroatoms. The van der Waals surface area contributed by atoms with E-state index in [1.165, 1.54) is 0 Å². The van der Waals surface area contributed by atoms with E-state index >= 15 is 0 Å². The van der Waals surface area contributed by atoms with Crippen molar-refractivity contribution in [2.45, 2.75) is 50.6 Å². The van der Waals surface area contributed by atoms with Gasteiger partial charge in [-0.05, 0) is 51.1 Å². The molecule has 0 spiro atoms. The quantitative estimate of drug-likeness (QED) is 0.806. The average molecular weight is 364 g/mol. The van der Waals surface area contributed by atoms with Gasteiger partial charge in [-0.15, -0.1) is 0 Å². The van der Waals surface area contributed by atoms with Crippen LogP contribution in [0.1, 0.15) is 39.0 Å². The molecular weight excluding hydrogens is 338 g/mol. The molecule has 0 saturated heterocycles. The highest BCUT2D eigenvalue weighted by molar-refractivity contribution is 6.30. The zero-order chi connectivity index (χ0) is 18.3. The van der Waals surface area contributed by atoms with Crippen molar-refractivity contribution in [1.29, 1.82) is 5.26 Å². The van der Waals surface area contributed by atoms with Crippen molar-refractivity contribution in [2.24, 2.45) is 0 Å². The van der Waals surface area contributed by atoms with Crippen molar-refractivity contribution >= 4 is 17.5 Å². The topological polar surface area (TPSA) is 65.4 Å². The Kier molecular flexibility index (Phi) is 7.10. The number of amides is 1. The summed E-state index contributed by atoms with van der Waals surface area (Å²) >= 11 is 5.84. The molecule has 1 amide bonds. The predicted octanol–water partition coefficient (Wildman–Crippen LogP) is 3.38.